The van der Waals surface area contributed by atoms with Gasteiger partial charge in [0.05, 0.1) is 6.61 Å². The summed E-state index contributed by atoms with van der Waals surface area (Å²) in [5.74, 6) is 0.0892. The molecule has 0 bridgehead atoms. The summed E-state index contributed by atoms with van der Waals surface area (Å²) in [6.07, 6.45) is 0.503. The van der Waals surface area contributed by atoms with Crippen LogP contribution in [0.5, 0.6) is 5.75 Å². The number of hydrogen-bond acceptors (Lipinski definition) is 4. The molecule has 4 heteroatoms. The van der Waals surface area contributed by atoms with Gasteiger partial charge in [0.2, 0.25) is 0 Å². The van der Waals surface area contributed by atoms with E-state index in [1.54, 1.807) is 12.1 Å². The van der Waals surface area contributed by atoms with Gasteiger partial charge in [-0.25, -0.2) is 4.79 Å². The number of carbonyl (C=O) groups excluding carboxylic acids is 1. The molecule has 0 saturated carbocycles. The predicted molar refractivity (Wildman–Crippen MR) is 59.1 cm³/mol. The van der Waals surface area contributed by atoms with Gasteiger partial charge < -0.3 is 14.6 Å². The van der Waals surface area contributed by atoms with Gasteiger partial charge in [0, 0.05) is 6.08 Å². The first-order valence-corrected chi connectivity index (χ1v) is 4.88. The van der Waals surface area contributed by atoms with E-state index in [0.29, 0.717) is 5.75 Å². The molecule has 1 N–H and O–H groups in total. The summed E-state index contributed by atoms with van der Waals surface area (Å²) in [6, 6.07) is 9.02. The van der Waals surface area contributed by atoms with Crippen LogP contribution in [0.4, 0.5) is 0 Å². The fraction of sp³-hybridized carbons (Fsp3) is 0.250. The Balaban J connectivity index is 2.43. The maximum atomic E-state index is 10.8. The van der Waals surface area contributed by atoms with Crippen molar-refractivity contribution in [2.45, 2.75) is 6.10 Å². The molecular weight excluding hydrogens is 208 g/mol. The zero-order chi connectivity index (χ0) is 11.8. The number of hydrogen-bond donors (Lipinski definition) is 1. The summed E-state index contributed by atoms with van der Waals surface area (Å²) in [5.41, 5.74) is 0. The highest BCUT2D eigenvalue weighted by molar-refractivity contribution is 5.81. The third kappa shape index (κ3) is 4.14. The molecule has 86 valence electrons. The molecule has 16 heavy (non-hydrogen) atoms. The quantitative estimate of drug-likeness (QED) is 0.579. The highest BCUT2D eigenvalue weighted by atomic mass is 16.6. The van der Waals surface area contributed by atoms with Crippen LogP contribution in [0.1, 0.15) is 0 Å². The number of aliphatic hydroxyl groups is 1. The van der Waals surface area contributed by atoms with Crippen molar-refractivity contribution in [3.63, 3.8) is 0 Å². The number of ether oxygens (including phenoxy) is 2. The van der Waals surface area contributed by atoms with Gasteiger partial charge in [-0.15, -0.1) is 0 Å². The molecule has 1 unspecified atom stereocenters. The molecule has 0 heterocycles. The normalized spacial score (nSPS) is 11.6. The Kier molecular flexibility index (Phi) is 5.08. The van der Waals surface area contributed by atoms with Gasteiger partial charge in [-0.2, -0.15) is 0 Å². The second kappa shape index (κ2) is 6.63. The third-order valence-corrected chi connectivity index (χ3v) is 1.83. The van der Waals surface area contributed by atoms with E-state index < -0.39 is 12.1 Å². The summed E-state index contributed by atoms with van der Waals surface area (Å²) in [5, 5.41) is 9.03. The van der Waals surface area contributed by atoms with E-state index in [2.05, 4.69) is 6.58 Å². The molecule has 0 aliphatic carbocycles. The molecule has 1 aromatic carbocycles. The van der Waals surface area contributed by atoms with Crippen LogP contribution < -0.4 is 4.74 Å². The fourth-order valence-electron chi connectivity index (χ4n) is 1.05. The molecule has 0 radical (unpaired) electrons. The second-order valence-corrected chi connectivity index (χ2v) is 3.07. The van der Waals surface area contributed by atoms with Gasteiger partial charge in [0.25, 0.3) is 0 Å². The van der Waals surface area contributed by atoms with Gasteiger partial charge in [0.1, 0.15) is 12.4 Å². The minimum absolute atomic E-state index is 0.00372. The highest BCUT2D eigenvalue weighted by Crippen LogP contribution is 2.10. The molecule has 0 aliphatic heterocycles. The second-order valence-electron chi connectivity index (χ2n) is 3.07. The fourth-order valence-corrected chi connectivity index (χ4v) is 1.05. The van der Waals surface area contributed by atoms with Gasteiger partial charge >= 0.3 is 5.97 Å². The van der Waals surface area contributed by atoms with Crippen molar-refractivity contribution < 1.29 is 19.4 Å². The van der Waals surface area contributed by atoms with E-state index in [9.17, 15) is 4.79 Å². The Morgan fingerprint density at radius 2 is 2.12 bits per heavy atom. The lowest BCUT2D eigenvalue weighted by Gasteiger charge is -2.16. The average molecular weight is 222 g/mol. The van der Waals surface area contributed by atoms with Crippen molar-refractivity contribution >= 4 is 5.97 Å². The third-order valence-electron chi connectivity index (χ3n) is 1.83. The summed E-state index contributed by atoms with van der Waals surface area (Å²) >= 11 is 0. The Labute approximate surface area is 94.1 Å². The van der Waals surface area contributed by atoms with Crippen LogP contribution in [-0.2, 0) is 9.53 Å². The topological polar surface area (TPSA) is 55.8 Å². The number of aliphatic hydroxyl groups excluding tert-OH is 1. The monoisotopic (exact) mass is 222 g/mol. The molecule has 4 nitrogen and oxygen atoms in total. The summed E-state index contributed by atoms with van der Waals surface area (Å²) in [4.78, 5) is 10.8. The predicted octanol–water partition coefficient (Wildman–Crippen LogP) is 1.16. The first-order valence-electron chi connectivity index (χ1n) is 4.88. The summed E-state index contributed by atoms with van der Waals surface area (Å²) < 4.78 is 10.2. The van der Waals surface area contributed by atoms with Crippen molar-refractivity contribution in [2.75, 3.05) is 13.2 Å². The Bertz CT molecular complexity index is 334. The molecule has 0 spiro atoms. The van der Waals surface area contributed by atoms with Crippen LogP contribution in [-0.4, -0.2) is 30.4 Å². The molecule has 0 saturated heterocycles. The van der Waals surface area contributed by atoms with Crippen LogP contribution in [0.25, 0.3) is 0 Å². The summed E-state index contributed by atoms with van der Waals surface area (Å²) in [7, 11) is 0. The van der Waals surface area contributed by atoms with Crippen molar-refractivity contribution in [3.8, 4) is 5.75 Å². The van der Waals surface area contributed by atoms with Crippen LogP contribution in [0.3, 0.4) is 0 Å². The number of esters is 1. The molecule has 0 aromatic heterocycles. The molecule has 0 fully saturated rings. The highest BCUT2D eigenvalue weighted by Gasteiger charge is 2.11. The molecule has 0 aliphatic rings. The molecule has 1 rings (SSSR count). The van der Waals surface area contributed by atoms with Crippen LogP contribution in [0, 0.1) is 0 Å². The lowest BCUT2D eigenvalue weighted by Crippen LogP contribution is -2.28. The van der Waals surface area contributed by atoms with E-state index in [1.165, 1.54) is 0 Å². The molecular formula is C12H14O4. The van der Waals surface area contributed by atoms with E-state index in [0.717, 1.165) is 6.08 Å². The van der Waals surface area contributed by atoms with Gasteiger partial charge in [-0.05, 0) is 12.1 Å². The van der Waals surface area contributed by atoms with Crippen molar-refractivity contribution in [2.24, 2.45) is 0 Å². The standard InChI is InChI=1S/C12H14O4/c1-2-12(14)15-9-11(8-13)16-10-6-4-3-5-7-10/h2-7,11,13H,1,8-9H2. The van der Waals surface area contributed by atoms with E-state index in [-0.39, 0.29) is 13.2 Å². The van der Waals surface area contributed by atoms with Crippen molar-refractivity contribution in [1.82, 2.24) is 0 Å². The molecule has 1 aromatic rings. The first kappa shape index (κ1) is 12.3. The average Bonchev–Trinajstić information content (AvgIpc) is 2.35. The van der Waals surface area contributed by atoms with Crippen molar-refractivity contribution in [1.29, 1.82) is 0 Å². The largest absolute Gasteiger partial charge is 0.484 e. The Morgan fingerprint density at radius 1 is 1.44 bits per heavy atom. The smallest absolute Gasteiger partial charge is 0.330 e. The van der Waals surface area contributed by atoms with Gasteiger partial charge in [-0.3, -0.25) is 0 Å². The summed E-state index contributed by atoms with van der Waals surface area (Å²) in [6.45, 7) is 3.04. The van der Waals surface area contributed by atoms with Crippen LogP contribution in [0.15, 0.2) is 43.0 Å². The number of rotatable bonds is 6. The van der Waals surface area contributed by atoms with Crippen LogP contribution >= 0.6 is 0 Å². The van der Waals surface area contributed by atoms with Crippen molar-refractivity contribution in [3.05, 3.63) is 43.0 Å². The Morgan fingerprint density at radius 3 is 2.69 bits per heavy atom. The van der Waals surface area contributed by atoms with E-state index in [1.807, 2.05) is 18.2 Å². The lowest BCUT2D eigenvalue weighted by atomic mass is 10.3. The van der Waals surface area contributed by atoms with Gasteiger partial charge in [-0.1, -0.05) is 24.8 Å². The van der Waals surface area contributed by atoms with E-state index in [4.69, 9.17) is 14.6 Å². The maximum Gasteiger partial charge on any atom is 0.330 e. The number of carbonyl (C=O) groups is 1. The minimum Gasteiger partial charge on any atom is -0.484 e. The first-order chi connectivity index (χ1) is 7.76. The van der Waals surface area contributed by atoms with Crippen LogP contribution in [0.2, 0.25) is 0 Å². The Hall–Kier alpha value is -1.81. The maximum absolute atomic E-state index is 10.8. The number of benzene rings is 1. The zero-order valence-electron chi connectivity index (χ0n) is 8.83. The zero-order valence-corrected chi connectivity index (χ0v) is 8.83. The van der Waals surface area contributed by atoms with Gasteiger partial charge in [0.15, 0.2) is 6.10 Å². The SMILES string of the molecule is C=CC(=O)OCC(CO)Oc1ccccc1. The molecule has 1 atom stereocenters. The molecule has 0 amide bonds. The lowest BCUT2D eigenvalue weighted by molar-refractivity contribution is -0.140. The number of para-hydroxylation sites is 1. The van der Waals surface area contributed by atoms with E-state index >= 15 is 0 Å². The minimum atomic E-state index is -0.564.